The number of Topliss-reactive ketones (excluding diaryl/α,β-unsaturated/α-hetero) is 1. The van der Waals surface area contributed by atoms with Crippen LogP contribution in [-0.2, 0) is 0 Å². The highest BCUT2D eigenvalue weighted by Crippen LogP contribution is 2.65. The molecule has 3 rings (SSSR count). The van der Waals surface area contributed by atoms with Gasteiger partial charge in [-0.3, -0.25) is 4.79 Å². The van der Waals surface area contributed by atoms with Crippen LogP contribution in [0.15, 0.2) is 54.6 Å². The van der Waals surface area contributed by atoms with Crippen molar-refractivity contribution in [2.45, 2.75) is 5.92 Å². The molecule has 22 heavy (non-hydrogen) atoms. The van der Waals surface area contributed by atoms with Crippen molar-refractivity contribution in [3.05, 3.63) is 70.7 Å². The first-order valence-corrected chi connectivity index (χ1v) is 7.19. The second-order valence-corrected chi connectivity index (χ2v) is 5.77. The monoisotopic (exact) mass is 306 g/mol. The smallest absolute Gasteiger partial charge is 0.169 e. The average molecular weight is 307 g/mol. The van der Waals surface area contributed by atoms with E-state index in [0.29, 0.717) is 10.6 Å². The van der Waals surface area contributed by atoms with Crippen molar-refractivity contribution in [2.24, 2.45) is 11.3 Å². The summed E-state index contributed by atoms with van der Waals surface area (Å²) in [5, 5.41) is 19.5. The summed E-state index contributed by atoms with van der Waals surface area (Å²) in [5.41, 5.74) is 0.0291. The first-order valence-electron chi connectivity index (χ1n) is 6.81. The summed E-state index contributed by atoms with van der Waals surface area (Å²) in [4.78, 5) is 12.7. The van der Waals surface area contributed by atoms with Gasteiger partial charge in [0, 0.05) is 16.5 Å². The Labute approximate surface area is 133 Å². The lowest BCUT2D eigenvalue weighted by Crippen LogP contribution is -2.08. The lowest BCUT2D eigenvalue weighted by atomic mass is 10.0. The van der Waals surface area contributed by atoms with Crippen LogP contribution in [0, 0.1) is 34.0 Å². The Morgan fingerprint density at radius 1 is 1.00 bits per heavy atom. The SMILES string of the molecule is N#CC1(C#N)C(C(=O)c2ccccc2)C1c1ccc(Cl)cc1. The van der Waals surface area contributed by atoms with Crippen LogP contribution in [0.5, 0.6) is 0 Å². The first kappa shape index (κ1) is 14.3. The van der Waals surface area contributed by atoms with E-state index in [1.807, 2.05) is 6.07 Å². The van der Waals surface area contributed by atoms with Crippen LogP contribution in [0.3, 0.4) is 0 Å². The van der Waals surface area contributed by atoms with Crippen LogP contribution in [-0.4, -0.2) is 5.78 Å². The highest BCUT2D eigenvalue weighted by Gasteiger charge is 2.70. The Balaban J connectivity index is 2.00. The molecule has 2 unspecified atom stereocenters. The molecule has 1 saturated carbocycles. The molecule has 0 N–H and O–H groups in total. The largest absolute Gasteiger partial charge is 0.294 e. The van der Waals surface area contributed by atoms with Crippen molar-refractivity contribution in [1.82, 2.24) is 0 Å². The number of rotatable bonds is 3. The van der Waals surface area contributed by atoms with E-state index in [-0.39, 0.29) is 5.78 Å². The van der Waals surface area contributed by atoms with Crippen molar-refractivity contribution in [3.8, 4) is 12.1 Å². The van der Waals surface area contributed by atoms with Crippen LogP contribution in [0.25, 0.3) is 0 Å². The van der Waals surface area contributed by atoms with Crippen molar-refractivity contribution in [2.75, 3.05) is 0 Å². The molecule has 0 heterocycles. The predicted molar refractivity (Wildman–Crippen MR) is 82.1 cm³/mol. The van der Waals surface area contributed by atoms with E-state index < -0.39 is 17.3 Å². The van der Waals surface area contributed by atoms with Crippen LogP contribution in [0.1, 0.15) is 21.8 Å². The number of nitrogens with zero attached hydrogens (tertiary/aromatic N) is 2. The second kappa shape index (κ2) is 5.30. The van der Waals surface area contributed by atoms with Crippen LogP contribution in [0.4, 0.5) is 0 Å². The van der Waals surface area contributed by atoms with E-state index >= 15 is 0 Å². The van der Waals surface area contributed by atoms with Crippen molar-refractivity contribution < 1.29 is 4.79 Å². The summed E-state index contributed by atoms with van der Waals surface area (Å²) in [6, 6.07) is 19.8. The maximum Gasteiger partial charge on any atom is 0.169 e. The maximum atomic E-state index is 12.7. The zero-order valence-electron chi connectivity index (χ0n) is 11.5. The molecule has 1 aliphatic rings. The Morgan fingerprint density at radius 3 is 2.14 bits per heavy atom. The fourth-order valence-electron chi connectivity index (χ4n) is 2.96. The topological polar surface area (TPSA) is 64.7 Å². The molecule has 0 spiro atoms. The third-order valence-corrected chi connectivity index (χ3v) is 4.40. The standard InChI is InChI=1S/C18H11ClN2O/c19-14-8-6-12(7-9-14)15-16(18(15,10-20)11-21)17(22)13-4-2-1-3-5-13/h1-9,15-16H. The molecule has 2 atom stereocenters. The predicted octanol–water partition coefficient (Wildman–Crippen LogP) is 3.97. The Hall–Kier alpha value is -2.62. The summed E-state index contributed by atoms with van der Waals surface area (Å²) in [6.07, 6.45) is 0. The Bertz CT molecular complexity index is 786. The van der Waals surface area contributed by atoms with Crippen LogP contribution in [0.2, 0.25) is 5.02 Å². The molecule has 106 valence electrons. The molecule has 0 aliphatic heterocycles. The summed E-state index contributed by atoms with van der Waals surface area (Å²) in [7, 11) is 0. The molecule has 2 aromatic carbocycles. The average Bonchev–Trinajstić information content (AvgIpc) is 3.25. The van der Waals surface area contributed by atoms with Gasteiger partial charge in [-0.25, -0.2) is 0 Å². The summed E-state index contributed by atoms with van der Waals surface area (Å²) < 4.78 is 0. The third-order valence-electron chi connectivity index (χ3n) is 4.15. The molecule has 0 amide bonds. The van der Waals surface area contributed by atoms with Gasteiger partial charge >= 0.3 is 0 Å². The number of carbonyl (C=O) groups excluding carboxylic acids is 1. The van der Waals surface area contributed by atoms with Crippen molar-refractivity contribution in [1.29, 1.82) is 10.5 Å². The van der Waals surface area contributed by atoms with Gasteiger partial charge in [-0.1, -0.05) is 54.1 Å². The van der Waals surface area contributed by atoms with Gasteiger partial charge in [0.2, 0.25) is 0 Å². The number of benzene rings is 2. The molecule has 0 bridgehead atoms. The van der Waals surface area contributed by atoms with Gasteiger partial charge in [0.1, 0.15) is 0 Å². The normalized spacial score (nSPS) is 21.4. The minimum Gasteiger partial charge on any atom is -0.294 e. The number of halogens is 1. The zero-order valence-corrected chi connectivity index (χ0v) is 12.3. The summed E-state index contributed by atoms with van der Waals surface area (Å²) in [6.45, 7) is 0. The van der Waals surface area contributed by atoms with Gasteiger partial charge < -0.3 is 0 Å². The van der Waals surface area contributed by atoms with Crippen LogP contribution >= 0.6 is 11.6 Å². The highest BCUT2D eigenvalue weighted by atomic mass is 35.5. The Morgan fingerprint density at radius 2 is 1.59 bits per heavy atom. The number of hydrogen-bond acceptors (Lipinski definition) is 3. The van der Waals surface area contributed by atoms with E-state index in [0.717, 1.165) is 5.56 Å². The highest BCUT2D eigenvalue weighted by molar-refractivity contribution is 6.30. The van der Waals surface area contributed by atoms with Gasteiger partial charge in [0.05, 0.1) is 18.1 Å². The lowest BCUT2D eigenvalue weighted by molar-refractivity contribution is 0.0958. The number of carbonyl (C=O) groups is 1. The molecular weight excluding hydrogens is 296 g/mol. The summed E-state index contributed by atoms with van der Waals surface area (Å²) >= 11 is 5.87. The number of ketones is 1. The minimum absolute atomic E-state index is 0.163. The molecule has 2 aromatic rings. The maximum absolute atomic E-state index is 12.7. The van der Waals surface area contributed by atoms with Gasteiger partial charge in [-0.2, -0.15) is 10.5 Å². The third kappa shape index (κ3) is 2.08. The minimum atomic E-state index is -1.29. The molecule has 3 nitrogen and oxygen atoms in total. The zero-order chi connectivity index (χ0) is 15.7. The van der Waals surface area contributed by atoms with Crippen molar-refractivity contribution >= 4 is 17.4 Å². The Kier molecular flexibility index (Phi) is 3.45. The number of hydrogen-bond donors (Lipinski definition) is 0. The van der Waals surface area contributed by atoms with Crippen LogP contribution < -0.4 is 0 Å². The van der Waals surface area contributed by atoms with E-state index in [2.05, 4.69) is 12.1 Å². The van der Waals surface area contributed by atoms with Gasteiger partial charge in [0.25, 0.3) is 0 Å². The molecule has 1 fully saturated rings. The van der Waals surface area contributed by atoms with E-state index in [1.54, 1.807) is 48.5 Å². The van der Waals surface area contributed by atoms with E-state index in [1.165, 1.54) is 0 Å². The molecule has 0 saturated heterocycles. The molecule has 1 aliphatic carbocycles. The van der Waals surface area contributed by atoms with E-state index in [4.69, 9.17) is 11.6 Å². The molecule has 4 heteroatoms. The van der Waals surface area contributed by atoms with Crippen molar-refractivity contribution in [3.63, 3.8) is 0 Å². The number of nitriles is 2. The molecule has 0 aromatic heterocycles. The van der Waals surface area contributed by atoms with Gasteiger partial charge in [-0.15, -0.1) is 0 Å². The lowest BCUT2D eigenvalue weighted by Gasteiger charge is -2.00. The summed E-state index contributed by atoms with van der Waals surface area (Å²) in [5.74, 6) is -1.21. The quantitative estimate of drug-likeness (QED) is 0.806. The molecular formula is C18H11ClN2O. The molecule has 0 radical (unpaired) electrons. The van der Waals surface area contributed by atoms with E-state index in [9.17, 15) is 15.3 Å². The fraction of sp³-hybridized carbons (Fsp3) is 0.167. The van der Waals surface area contributed by atoms with Gasteiger partial charge in [0.15, 0.2) is 11.2 Å². The first-order chi connectivity index (χ1) is 10.6. The van der Waals surface area contributed by atoms with Gasteiger partial charge in [-0.05, 0) is 17.7 Å². The second-order valence-electron chi connectivity index (χ2n) is 5.33. The fourth-order valence-corrected chi connectivity index (χ4v) is 3.08.